The molecule has 2 rings (SSSR count). The number of nitrogens with one attached hydrogen (secondary N) is 2. The molecule has 0 aromatic heterocycles. The highest BCUT2D eigenvalue weighted by molar-refractivity contribution is 5.98. The number of carbonyl (C=O) groups excluding carboxylic acids is 2. The zero-order valence-electron chi connectivity index (χ0n) is 13.6. The maximum absolute atomic E-state index is 12.0. The van der Waals surface area contributed by atoms with Crippen molar-refractivity contribution in [3.63, 3.8) is 0 Å². The number of amides is 1. The van der Waals surface area contributed by atoms with E-state index in [1.54, 1.807) is 0 Å². The van der Waals surface area contributed by atoms with Crippen molar-refractivity contribution in [1.29, 1.82) is 0 Å². The summed E-state index contributed by atoms with van der Waals surface area (Å²) in [6, 6.07) is 3.01. The molecule has 1 aromatic carbocycles. The standard InChI is InChI=1S/C16H22N2O5/c1-21-13-7-11(16(20)23-3)6-12(15(13)22-2)18-14(19)9-17-8-10-4-5-10/h6-7,10,17H,4-5,8-9H2,1-3H3,(H,18,19). The molecule has 7 heteroatoms. The Labute approximate surface area is 135 Å². The SMILES string of the molecule is COC(=O)c1cc(NC(=O)CNCC2CC2)c(OC)c(OC)c1. The molecule has 0 heterocycles. The lowest BCUT2D eigenvalue weighted by Crippen LogP contribution is -2.29. The summed E-state index contributed by atoms with van der Waals surface area (Å²) in [7, 11) is 4.22. The van der Waals surface area contributed by atoms with Gasteiger partial charge in [0.25, 0.3) is 0 Å². The minimum atomic E-state index is -0.520. The van der Waals surface area contributed by atoms with Crippen LogP contribution in [0.5, 0.6) is 11.5 Å². The third-order valence-electron chi connectivity index (χ3n) is 3.59. The maximum atomic E-state index is 12.0. The number of anilines is 1. The molecule has 7 nitrogen and oxygen atoms in total. The van der Waals surface area contributed by atoms with Gasteiger partial charge in [0.05, 0.1) is 39.1 Å². The van der Waals surface area contributed by atoms with E-state index in [0.29, 0.717) is 23.1 Å². The Kier molecular flexibility index (Phi) is 5.81. The summed E-state index contributed by atoms with van der Waals surface area (Å²) < 4.78 is 15.2. The van der Waals surface area contributed by atoms with E-state index in [1.807, 2.05) is 0 Å². The van der Waals surface area contributed by atoms with Gasteiger partial charge in [0.1, 0.15) is 0 Å². The summed E-state index contributed by atoms with van der Waals surface area (Å²) >= 11 is 0. The number of hydrogen-bond acceptors (Lipinski definition) is 6. The Morgan fingerprint density at radius 2 is 1.91 bits per heavy atom. The van der Waals surface area contributed by atoms with Gasteiger partial charge in [-0.25, -0.2) is 4.79 Å². The predicted molar refractivity (Wildman–Crippen MR) is 85.1 cm³/mol. The van der Waals surface area contributed by atoms with Gasteiger partial charge < -0.3 is 24.8 Å². The lowest BCUT2D eigenvalue weighted by molar-refractivity contribution is -0.115. The summed E-state index contributed by atoms with van der Waals surface area (Å²) in [5.74, 6) is 0.661. The second-order valence-corrected chi connectivity index (χ2v) is 5.37. The fraction of sp³-hybridized carbons (Fsp3) is 0.500. The van der Waals surface area contributed by atoms with Crippen molar-refractivity contribution >= 4 is 17.6 Å². The molecule has 2 N–H and O–H groups in total. The van der Waals surface area contributed by atoms with E-state index < -0.39 is 5.97 Å². The van der Waals surface area contributed by atoms with Crippen LogP contribution in [-0.2, 0) is 9.53 Å². The molecule has 1 aromatic rings. The Bertz CT molecular complexity index is 584. The van der Waals surface area contributed by atoms with Crippen LogP contribution in [0.1, 0.15) is 23.2 Å². The number of esters is 1. The number of carbonyl (C=O) groups is 2. The second-order valence-electron chi connectivity index (χ2n) is 5.37. The number of methoxy groups -OCH3 is 3. The first-order valence-electron chi connectivity index (χ1n) is 7.44. The zero-order chi connectivity index (χ0) is 16.8. The molecular weight excluding hydrogens is 300 g/mol. The molecule has 0 aliphatic heterocycles. The summed E-state index contributed by atoms with van der Waals surface area (Å²) in [6.45, 7) is 1.04. The van der Waals surface area contributed by atoms with Gasteiger partial charge in [-0.05, 0) is 37.4 Å². The van der Waals surface area contributed by atoms with E-state index in [0.717, 1.165) is 6.54 Å². The fourth-order valence-electron chi connectivity index (χ4n) is 2.20. The van der Waals surface area contributed by atoms with Crippen LogP contribution in [0, 0.1) is 5.92 Å². The van der Waals surface area contributed by atoms with Crippen molar-refractivity contribution in [2.45, 2.75) is 12.8 Å². The number of ether oxygens (including phenoxy) is 3. The Morgan fingerprint density at radius 1 is 1.17 bits per heavy atom. The fourth-order valence-corrected chi connectivity index (χ4v) is 2.20. The summed E-state index contributed by atoms with van der Waals surface area (Å²) in [5, 5.41) is 5.84. The van der Waals surface area contributed by atoms with Gasteiger partial charge in [-0.2, -0.15) is 0 Å². The van der Waals surface area contributed by atoms with E-state index in [-0.39, 0.29) is 18.0 Å². The summed E-state index contributed by atoms with van der Waals surface area (Å²) in [6.07, 6.45) is 2.45. The lowest BCUT2D eigenvalue weighted by Gasteiger charge is -2.15. The molecule has 1 fully saturated rings. The molecular formula is C16H22N2O5. The predicted octanol–water partition coefficient (Wildman–Crippen LogP) is 1.43. The maximum Gasteiger partial charge on any atom is 0.338 e. The monoisotopic (exact) mass is 322 g/mol. The molecule has 1 aliphatic rings. The number of hydrogen-bond donors (Lipinski definition) is 2. The van der Waals surface area contributed by atoms with Crippen LogP contribution in [0.25, 0.3) is 0 Å². The Hall–Kier alpha value is -2.28. The first kappa shape index (κ1) is 17.1. The molecule has 23 heavy (non-hydrogen) atoms. The molecule has 0 spiro atoms. The zero-order valence-corrected chi connectivity index (χ0v) is 13.6. The van der Waals surface area contributed by atoms with Gasteiger partial charge in [0.2, 0.25) is 5.91 Å². The first-order valence-corrected chi connectivity index (χ1v) is 7.44. The largest absolute Gasteiger partial charge is 0.493 e. The molecule has 0 unspecified atom stereocenters. The van der Waals surface area contributed by atoms with Crippen LogP contribution < -0.4 is 20.1 Å². The molecule has 1 aliphatic carbocycles. The Balaban J connectivity index is 2.12. The highest BCUT2D eigenvalue weighted by atomic mass is 16.5. The van der Waals surface area contributed by atoms with Crippen molar-refractivity contribution in [3.05, 3.63) is 17.7 Å². The number of benzene rings is 1. The summed E-state index contributed by atoms with van der Waals surface area (Å²) in [4.78, 5) is 23.8. The minimum absolute atomic E-state index is 0.199. The quantitative estimate of drug-likeness (QED) is 0.704. The van der Waals surface area contributed by atoms with Crippen LogP contribution in [0.4, 0.5) is 5.69 Å². The normalized spacial score (nSPS) is 13.3. The van der Waals surface area contributed by atoms with E-state index in [4.69, 9.17) is 14.2 Å². The van der Waals surface area contributed by atoms with E-state index in [2.05, 4.69) is 10.6 Å². The third kappa shape index (κ3) is 4.59. The van der Waals surface area contributed by atoms with Crippen LogP contribution in [-0.4, -0.2) is 46.3 Å². The molecule has 0 bridgehead atoms. The van der Waals surface area contributed by atoms with Gasteiger partial charge in [-0.3, -0.25) is 4.79 Å². The highest BCUT2D eigenvalue weighted by Gasteiger charge is 2.21. The highest BCUT2D eigenvalue weighted by Crippen LogP contribution is 2.36. The van der Waals surface area contributed by atoms with Crippen molar-refractivity contribution in [2.24, 2.45) is 5.92 Å². The average molecular weight is 322 g/mol. The smallest absolute Gasteiger partial charge is 0.338 e. The average Bonchev–Trinajstić information content (AvgIpc) is 3.37. The topological polar surface area (TPSA) is 85.9 Å². The first-order chi connectivity index (χ1) is 11.1. The van der Waals surface area contributed by atoms with Gasteiger partial charge >= 0.3 is 5.97 Å². The van der Waals surface area contributed by atoms with Crippen molar-refractivity contribution in [2.75, 3.05) is 39.7 Å². The van der Waals surface area contributed by atoms with Crippen molar-refractivity contribution in [1.82, 2.24) is 5.32 Å². The van der Waals surface area contributed by atoms with Crippen LogP contribution in [0.3, 0.4) is 0 Å². The van der Waals surface area contributed by atoms with Gasteiger partial charge in [-0.15, -0.1) is 0 Å². The van der Waals surface area contributed by atoms with Gasteiger partial charge in [0.15, 0.2) is 11.5 Å². The Morgan fingerprint density at radius 3 is 2.48 bits per heavy atom. The van der Waals surface area contributed by atoms with Crippen LogP contribution in [0.15, 0.2) is 12.1 Å². The van der Waals surface area contributed by atoms with E-state index in [1.165, 1.54) is 46.3 Å². The molecule has 1 amide bonds. The van der Waals surface area contributed by atoms with Gasteiger partial charge in [0, 0.05) is 0 Å². The molecule has 1 saturated carbocycles. The number of rotatable bonds is 8. The van der Waals surface area contributed by atoms with Crippen LogP contribution >= 0.6 is 0 Å². The van der Waals surface area contributed by atoms with Crippen molar-refractivity contribution < 1.29 is 23.8 Å². The van der Waals surface area contributed by atoms with Gasteiger partial charge in [-0.1, -0.05) is 0 Å². The molecule has 0 saturated heterocycles. The molecule has 0 atom stereocenters. The van der Waals surface area contributed by atoms with Crippen molar-refractivity contribution in [3.8, 4) is 11.5 Å². The minimum Gasteiger partial charge on any atom is -0.493 e. The lowest BCUT2D eigenvalue weighted by atomic mass is 10.1. The molecule has 126 valence electrons. The molecule has 0 radical (unpaired) electrons. The van der Waals surface area contributed by atoms with Crippen LogP contribution in [0.2, 0.25) is 0 Å². The van der Waals surface area contributed by atoms with E-state index >= 15 is 0 Å². The second kappa shape index (κ2) is 7.82. The summed E-state index contributed by atoms with van der Waals surface area (Å²) in [5.41, 5.74) is 0.636. The third-order valence-corrected chi connectivity index (χ3v) is 3.59. The van der Waals surface area contributed by atoms with E-state index in [9.17, 15) is 9.59 Å².